The summed E-state index contributed by atoms with van der Waals surface area (Å²) in [6, 6.07) is 4.23. The molecule has 1 saturated heterocycles. The minimum Gasteiger partial charge on any atom is -0.444 e. The Morgan fingerprint density at radius 1 is 1.24 bits per heavy atom. The number of carbonyl (C=O) groups excluding carboxylic acids is 1. The van der Waals surface area contributed by atoms with E-state index in [-0.39, 0.29) is 17.5 Å². The first-order chi connectivity index (χ1) is 18.1. The Bertz CT molecular complexity index is 1310. The van der Waals surface area contributed by atoms with Gasteiger partial charge in [-0.2, -0.15) is 5.10 Å². The zero-order valence-electron chi connectivity index (χ0n) is 22.7. The summed E-state index contributed by atoms with van der Waals surface area (Å²) in [6.45, 7) is 13.5. The van der Waals surface area contributed by atoms with E-state index in [2.05, 4.69) is 51.4 Å². The number of nitrogens with zero attached hydrogens (tertiary/aromatic N) is 7. The molecule has 12 heteroatoms. The molecule has 2 atom stereocenters. The third kappa shape index (κ3) is 5.79. The van der Waals surface area contributed by atoms with Crippen LogP contribution in [0.4, 0.5) is 27.8 Å². The van der Waals surface area contributed by atoms with E-state index in [9.17, 15) is 4.79 Å². The van der Waals surface area contributed by atoms with Crippen LogP contribution in [0.5, 0.6) is 0 Å². The summed E-state index contributed by atoms with van der Waals surface area (Å²) in [4.78, 5) is 30.2. The predicted octanol–water partition coefficient (Wildman–Crippen LogP) is 4.97. The van der Waals surface area contributed by atoms with Crippen LogP contribution in [0.1, 0.15) is 48.0 Å². The lowest BCUT2D eigenvalue weighted by molar-refractivity contribution is 0.0295. The molecule has 0 aliphatic carbocycles. The van der Waals surface area contributed by atoms with Crippen LogP contribution in [-0.2, 0) is 4.74 Å². The van der Waals surface area contributed by atoms with Gasteiger partial charge in [0.25, 0.3) is 0 Å². The molecule has 1 fully saturated rings. The van der Waals surface area contributed by atoms with Crippen LogP contribution in [0.2, 0.25) is 0 Å². The molecule has 5 heterocycles. The van der Waals surface area contributed by atoms with E-state index >= 15 is 0 Å². The van der Waals surface area contributed by atoms with Gasteiger partial charge in [-0.05, 0) is 66.0 Å². The molecule has 0 bridgehead atoms. The molecule has 0 aromatic carbocycles. The van der Waals surface area contributed by atoms with Crippen molar-refractivity contribution in [1.29, 1.82) is 0 Å². The summed E-state index contributed by atoms with van der Waals surface area (Å²) in [5.41, 5.74) is 2.47. The van der Waals surface area contributed by atoms with Crippen molar-refractivity contribution in [3.63, 3.8) is 0 Å². The Balaban J connectivity index is 1.23. The fourth-order valence-electron chi connectivity index (χ4n) is 4.70. The van der Waals surface area contributed by atoms with Gasteiger partial charge >= 0.3 is 6.09 Å². The smallest absolute Gasteiger partial charge is 0.410 e. The Morgan fingerprint density at radius 2 is 2.05 bits per heavy atom. The van der Waals surface area contributed by atoms with Gasteiger partial charge in [0.1, 0.15) is 17.2 Å². The topological polar surface area (TPSA) is 113 Å². The number of pyridine rings is 1. The minimum atomic E-state index is -0.497. The zero-order valence-corrected chi connectivity index (χ0v) is 23.5. The van der Waals surface area contributed by atoms with E-state index in [0.29, 0.717) is 30.8 Å². The number of carbonyl (C=O) groups is 1. The largest absolute Gasteiger partial charge is 0.444 e. The fraction of sp³-hybridized carbons (Fsp3) is 0.500. The molecule has 3 aromatic rings. The molecule has 11 nitrogen and oxygen atoms in total. The maximum Gasteiger partial charge on any atom is 0.410 e. The Hall–Kier alpha value is -3.54. The molecular weight excluding hydrogens is 502 g/mol. The van der Waals surface area contributed by atoms with Gasteiger partial charge in [0.05, 0.1) is 35.5 Å². The second kappa shape index (κ2) is 10.3. The van der Waals surface area contributed by atoms with Gasteiger partial charge in [0.15, 0.2) is 5.82 Å². The van der Waals surface area contributed by atoms with E-state index in [4.69, 9.17) is 9.72 Å². The van der Waals surface area contributed by atoms with E-state index in [1.165, 1.54) is 0 Å². The molecule has 0 spiro atoms. The van der Waals surface area contributed by atoms with Crippen molar-refractivity contribution >= 4 is 41.1 Å². The second-order valence-corrected chi connectivity index (χ2v) is 12.1. The van der Waals surface area contributed by atoms with Crippen molar-refractivity contribution in [1.82, 2.24) is 29.0 Å². The third-order valence-electron chi connectivity index (χ3n) is 6.28. The summed E-state index contributed by atoms with van der Waals surface area (Å²) in [5.74, 6) is 1.95. The van der Waals surface area contributed by atoms with Crippen LogP contribution in [0.25, 0.3) is 11.4 Å². The van der Waals surface area contributed by atoms with Crippen LogP contribution in [-0.4, -0.2) is 71.3 Å². The molecule has 1 amide bonds. The number of likely N-dealkylation sites (tertiary alicyclic amines) is 1. The molecule has 0 saturated carbocycles. The van der Waals surface area contributed by atoms with Crippen molar-refractivity contribution in [2.24, 2.45) is 0 Å². The summed E-state index contributed by atoms with van der Waals surface area (Å²) in [5, 5.41) is 11.5. The van der Waals surface area contributed by atoms with Gasteiger partial charge in [0.2, 0.25) is 0 Å². The summed E-state index contributed by atoms with van der Waals surface area (Å²) in [6.07, 6.45) is 8.09. The highest BCUT2D eigenvalue weighted by Gasteiger charge is 2.31. The number of anilines is 4. The number of fused-ring (bicyclic) bond motifs is 1. The quantitative estimate of drug-likeness (QED) is 0.447. The number of nitrogens with one attached hydrogen (secondary N) is 2. The Kier molecular flexibility index (Phi) is 7.08. The Morgan fingerprint density at radius 3 is 2.82 bits per heavy atom. The van der Waals surface area contributed by atoms with Crippen LogP contribution in [0.3, 0.4) is 0 Å². The summed E-state index contributed by atoms with van der Waals surface area (Å²) >= 11 is 1.59. The number of aromatic nitrogens is 5. The molecular formula is C26H35N9O2S. The van der Waals surface area contributed by atoms with Gasteiger partial charge in [-0.15, -0.1) is 0 Å². The molecule has 2 aliphatic heterocycles. The first-order valence-corrected chi connectivity index (χ1v) is 13.7. The summed E-state index contributed by atoms with van der Waals surface area (Å²) < 4.78 is 7.32. The van der Waals surface area contributed by atoms with Gasteiger partial charge in [-0.3, -0.25) is 0 Å². The van der Waals surface area contributed by atoms with E-state index < -0.39 is 5.60 Å². The molecule has 0 radical (unpaired) electrons. The van der Waals surface area contributed by atoms with Crippen molar-refractivity contribution in [3.8, 4) is 11.4 Å². The highest BCUT2D eigenvalue weighted by molar-refractivity contribution is 7.98. The molecule has 202 valence electrons. The predicted molar refractivity (Wildman–Crippen MR) is 151 cm³/mol. The van der Waals surface area contributed by atoms with Crippen molar-refractivity contribution in [3.05, 3.63) is 36.9 Å². The molecule has 2 aliphatic rings. The molecule has 5 rings (SSSR count). The lowest BCUT2D eigenvalue weighted by atomic mass is 10.2. The minimum absolute atomic E-state index is 0.215. The van der Waals surface area contributed by atoms with Crippen LogP contribution >= 0.6 is 11.9 Å². The van der Waals surface area contributed by atoms with Gasteiger partial charge < -0.3 is 25.2 Å². The van der Waals surface area contributed by atoms with Crippen molar-refractivity contribution < 1.29 is 9.53 Å². The summed E-state index contributed by atoms with van der Waals surface area (Å²) in [7, 11) is 0. The normalized spacial score (nSPS) is 19.0. The van der Waals surface area contributed by atoms with E-state index in [0.717, 1.165) is 29.2 Å². The Labute approximate surface area is 227 Å². The van der Waals surface area contributed by atoms with Gasteiger partial charge in [-0.1, -0.05) is 0 Å². The van der Waals surface area contributed by atoms with E-state index in [1.54, 1.807) is 29.2 Å². The average molecular weight is 538 g/mol. The average Bonchev–Trinajstić information content (AvgIpc) is 3.56. The first kappa shape index (κ1) is 26.1. The molecule has 38 heavy (non-hydrogen) atoms. The monoisotopic (exact) mass is 537 g/mol. The molecule has 3 aromatic heterocycles. The maximum atomic E-state index is 12.4. The third-order valence-corrected chi connectivity index (χ3v) is 7.38. The zero-order chi connectivity index (χ0) is 27.0. The number of hydrogen-bond acceptors (Lipinski definition) is 10. The van der Waals surface area contributed by atoms with Crippen LogP contribution in [0.15, 0.2) is 36.9 Å². The van der Waals surface area contributed by atoms with Gasteiger partial charge in [0, 0.05) is 42.8 Å². The number of ether oxygens (including phenoxy) is 1. The van der Waals surface area contributed by atoms with Crippen LogP contribution in [0, 0.1) is 0 Å². The fourth-order valence-corrected chi connectivity index (χ4v) is 5.74. The van der Waals surface area contributed by atoms with Crippen molar-refractivity contribution in [2.75, 3.05) is 28.6 Å². The van der Waals surface area contributed by atoms with Gasteiger partial charge in [-0.25, -0.2) is 23.8 Å². The second-order valence-electron chi connectivity index (χ2n) is 10.9. The lowest BCUT2D eigenvalue weighted by Crippen LogP contribution is -2.38. The maximum absolute atomic E-state index is 12.4. The lowest BCUT2D eigenvalue weighted by Gasteiger charge is -2.28. The first-order valence-electron chi connectivity index (χ1n) is 12.9. The highest BCUT2D eigenvalue weighted by Crippen LogP contribution is 2.37. The van der Waals surface area contributed by atoms with E-state index in [1.807, 2.05) is 49.4 Å². The molecule has 2 unspecified atom stereocenters. The number of hydrogen-bond donors (Lipinski definition) is 2. The standard InChI is InChI=1S/C26H35N9O2S/c1-16(2)35-17(3)30-20-13-28-23(11-21(20)35)31-22-7-9-27-24(32-22)18-12-29-34(14-18)38-19-8-10-33(15-19)25(36)37-26(4,5)6/h7,9,11-14,16-17,19,30H,8,10,15H2,1-6H3,(H,27,28,31,32). The number of rotatable bonds is 6. The number of amides is 1. The highest BCUT2D eigenvalue weighted by atomic mass is 32.2. The SMILES string of the molecule is CC(C)N1c2cc(Nc3ccnc(-c4cnn(SC5CCN(C(=O)OC(C)(C)C)C5)c4)n3)ncc2NC1C. The van der Waals surface area contributed by atoms with Crippen LogP contribution < -0.4 is 15.5 Å². The molecule has 2 N–H and O–H groups in total. The van der Waals surface area contributed by atoms with Crippen molar-refractivity contribution in [2.45, 2.75) is 71.0 Å².